The van der Waals surface area contributed by atoms with E-state index < -0.39 is 6.04 Å². The SMILES string of the molecule is CC(C)(C)[C@H](N)C(=O)OCC1CCOC1. The fraction of sp³-hybridized carbons (Fsp3) is 0.909. The molecule has 1 unspecified atom stereocenters. The highest BCUT2D eigenvalue weighted by Gasteiger charge is 2.29. The Morgan fingerprint density at radius 3 is 2.73 bits per heavy atom. The van der Waals surface area contributed by atoms with Crippen molar-refractivity contribution in [3.05, 3.63) is 0 Å². The summed E-state index contributed by atoms with van der Waals surface area (Å²) in [5.74, 6) is 0.0375. The van der Waals surface area contributed by atoms with Crippen LogP contribution in [-0.2, 0) is 14.3 Å². The number of esters is 1. The first-order valence-electron chi connectivity index (χ1n) is 5.41. The van der Waals surface area contributed by atoms with Gasteiger partial charge in [-0.3, -0.25) is 4.79 Å². The molecule has 1 aliphatic rings. The first-order valence-corrected chi connectivity index (χ1v) is 5.41. The summed E-state index contributed by atoms with van der Waals surface area (Å²) in [4.78, 5) is 11.6. The highest BCUT2D eigenvalue weighted by Crippen LogP contribution is 2.19. The lowest BCUT2D eigenvalue weighted by molar-refractivity contribution is -0.149. The number of carbonyl (C=O) groups excluding carboxylic acids is 1. The van der Waals surface area contributed by atoms with Gasteiger partial charge in [0.15, 0.2) is 0 Å². The molecular weight excluding hydrogens is 194 g/mol. The summed E-state index contributed by atoms with van der Waals surface area (Å²) in [6.07, 6.45) is 0.970. The Morgan fingerprint density at radius 2 is 2.27 bits per heavy atom. The Hall–Kier alpha value is -0.610. The van der Waals surface area contributed by atoms with Gasteiger partial charge in [-0.1, -0.05) is 20.8 Å². The number of carbonyl (C=O) groups is 1. The van der Waals surface area contributed by atoms with Crippen LogP contribution in [0.1, 0.15) is 27.2 Å². The number of hydrogen-bond donors (Lipinski definition) is 1. The first-order chi connectivity index (χ1) is 6.91. The molecule has 4 heteroatoms. The fourth-order valence-corrected chi connectivity index (χ4v) is 1.36. The van der Waals surface area contributed by atoms with Crippen LogP contribution in [0.5, 0.6) is 0 Å². The maximum atomic E-state index is 11.6. The molecule has 2 N–H and O–H groups in total. The highest BCUT2D eigenvalue weighted by molar-refractivity contribution is 5.76. The van der Waals surface area contributed by atoms with E-state index in [1.165, 1.54) is 0 Å². The van der Waals surface area contributed by atoms with Gasteiger partial charge in [0.2, 0.25) is 0 Å². The van der Waals surface area contributed by atoms with E-state index in [4.69, 9.17) is 15.2 Å². The minimum atomic E-state index is -0.556. The molecule has 1 heterocycles. The smallest absolute Gasteiger partial charge is 0.323 e. The topological polar surface area (TPSA) is 61.6 Å². The summed E-state index contributed by atoms with van der Waals surface area (Å²) >= 11 is 0. The molecule has 0 amide bonds. The van der Waals surface area contributed by atoms with Gasteiger partial charge in [-0.15, -0.1) is 0 Å². The quantitative estimate of drug-likeness (QED) is 0.712. The van der Waals surface area contributed by atoms with Crippen LogP contribution in [0, 0.1) is 11.3 Å². The molecule has 15 heavy (non-hydrogen) atoms. The van der Waals surface area contributed by atoms with Gasteiger partial charge in [0.05, 0.1) is 13.2 Å². The van der Waals surface area contributed by atoms with Gasteiger partial charge < -0.3 is 15.2 Å². The average molecular weight is 215 g/mol. The predicted octanol–water partition coefficient (Wildman–Crippen LogP) is 0.940. The lowest BCUT2D eigenvalue weighted by Crippen LogP contribution is -2.43. The van der Waals surface area contributed by atoms with Crippen molar-refractivity contribution in [2.75, 3.05) is 19.8 Å². The van der Waals surface area contributed by atoms with Crippen LogP contribution >= 0.6 is 0 Å². The van der Waals surface area contributed by atoms with Crippen molar-refractivity contribution in [2.45, 2.75) is 33.2 Å². The maximum absolute atomic E-state index is 11.6. The van der Waals surface area contributed by atoms with E-state index in [1.54, 1.807) is 0 Å². The van der Waals surface area contributed by atoms with E-state index in [0.29, 0.717) is 19.1 Å². The normalized spacial score (nSPS) is 23.9. The molecule has 1 saturated heterocycles. The van der Waals surface area contributed by atoms with Gasteiger partial charge in [-0.25, -0.2) is 0 Å². The number of ether oxygens (including phenoxy) is 2. The van der Waals surface area contributed by atoms with Crippen LogP contribution in [0.3, 0.4) is 0 Å². The van der Waals surface area contributed by atoms with Gasteiger partial charge in [-0.05, 0) is 11.8 Å². The molecule has 4 nitrogen and oxygen atoms in total. The Bertz CT molecular complexity index is 216. The monoisotopic (exact) mass is 215 g/mol. The predicted molar refractivity (Wildman–Crippen MR) is 57.3 cm³/mol. The molecule has 1 fully saturated rings. The van der Waals surface area contributed by atoms with E-state index in [-0.39, 0.29) is 11.4 Å². The summed E-state index contributed by atoms with van der Waals surface area (Å²) in [5.41, 5.74) is 5.53. The zero-order valence-electron chi connectivity index (χ0n) is 9.79. The molecule has 0 aliphatic carbocycles. The molecule has 1 rings (SSSR count). The third kappa shape index (κ3) is 3.80. The Kier molecular flexibility index (Phi) is 4.11. The Labute approximate surface area is 91.1 Å². The molecule has 1 aliphatic heterocycles. The first kappa shape index (κ1) is 12.5. The third-order valence-corrected chi connectivity index (χ3v) is 2.67. The van der Waals surface area contributed by atoms with Crippen LogP contribution in [0.25, 0.3) is 0 Å². The third-order valence-electron chi connectivity index (χ3n) is 2.67. The van der Waals surface area contributed by atoms with Crippen LogP contribution in [-0.4, -0.2) is 31.8 Å². The molecular formula is C11H21NO3. The van der Waals surface area contributed by atoms with E-state index in [1.807, 2.05) is 20.8 Å². The van der Waals surface area contributed by atoms with E-state index in [0.717, 1.165) is 13.0 Å². The second-order valence-electron chi connectivity index (χ2n) is 5.20. The molecule has 0 saturated carbocycles. The standard InChI is InChI=1S/C11H21NO3/c1-11(2,3)9(12)10(13)15-7-8-4-5-14-6-8/h8-9H,4-7,12H2,1-3H3/t8?,9-/m1/s1. The fourth-order valence-electron chi connectivity index (χ4n) is 1.36. The highest BCUT2D eigenvalue weighted by atomic mass is 16.5. The van der Waals surface area contributed by atoms with Crippen molar-refractivity contribution in [3.8, 4) is 0 Å². The van der Waals surface area contributed by atoms with E-state index in [9.17, 15) is 4.79 Å². The number of nitrogens with two attached hydrogens (primary N) is 1. The molecule has 0 bridgehead atoms. The summed E-state index contributed by atoms with van der Waals surface area (Å²) in [5, 5.41) is 0. The summed E-state index contributed by atoms with van der Waals surface area (Å²) in [7, 11) is 0. The maximum Gasteiger partial charge on any atom is 0.323 e. The molecule has 0 spiro atoms. The number of rotatable bonds is 3. The summed E-state index contributed by atoms with van der Waals surface area (Å²) in [6, 6.07) is -0.556. The summed E-state index contributed by atoms with van der Waals surface area (Å²) < 4.78 is 10.4. The Morgan fingerprint density at radius 1 is 1.60 bits per heavy atom. The zero-order valence-corrected chi connectivity index (χ0v) is 9.79. The lowest BCUT2D eigenvalue weighted by atomic mass is 9.87. The second kappa shape index (κ2) is 4.94. The van der Waals surface area contributed by atoms with Crippen LogP contribution in [0.15, 0.2) is 0 Å². The van der Waals surface area contributed by atoms with Crippen molar-refractivity contribution in [2.24, 2.45) is 17.1 Å². The summed E-state index contributed by atoms with van der Waals surface area (Å²) in [6.45, 7) is 7.68. The molecule has 88 valence electrons. The minimum absolute atomic E-state index is 0.247. The second-order valence-corrected chi connectivity index (χ2v) is 5.20. The van der Waals surface area contributed by atoms with Crippen molar-refractivity contribution in [1.29, 1.82) is 0 Å². The molecule has 0 aromatic rings. The Balaban J connectivity index is 2.29. The average Bonchev–Trinajstić information content (AvgIpc) is 2.63. The van der Waals surface area contributed by atoms with Gasteiger partial charge in [-0.2, -0.15) is 0 Å². The van der Waals surface area contributed by atoms with Crippen molar-refractivity contribution in [1.82, 2.24) is 0 Å². The van der Waals surface area contributed by atoms with Crippen LogP contribution in [0.2, 0.25) is 0 Å². The van der Waals surface area contributed by atoms with E-state index in [2.05, 4.69) is 0 Å². The van der Waals surface area contributed by atoms with Gasteiger partial charge in [0.25, 0.3) is 0 Å². The zero-order chi connectivity index (χ0) is 11.5. The van der Waals surface area contributed by atoms with Gasteiger partial charge in [0.1, 0.15) is 6.04 Å². The van der Waals surface area contributed by atoms with E-state index >= 15 is 0 Å². The largest absolute Gasteiger partial charge is 0.464 e. The lowest BCUT2D eigenvalue weighted by Gasteiger charge is -2.25. The van der Waals surface area contributed by atoms with Crippen LogP contribution in [0.4, 0.5) is 0 Å². The van der Waals surface area contributed by atoms with Crippen molar-refractivity contribution in [3.63, 3.8) is 0 Å². The molecule has 0 aromatic heterocycles. The van der Waals surface area contributed by atoms with Gasteiger partial charge in [0, 0.05) is 12.5 Å². The number of hydrogen-bond acceptors (Lipinski definition) is 4. The van der Waals surface area contributed by atoms with Crippen molar-refractivity contribution >= 4 is 5.97 Å². The van der Waals surface area contributed by atoms with Gasteiger partial charge >= 0.3 is 5.97 Å². The molecule has 0 radical (unpaired) electrons. The molecule has 2 atom stereocenters. The molecule has 0 aromatic carbocycles. The minimum Gasteiger partial charge on any atom is -0.464 e. The van der Waals surface area contributed by atoms with Crippen molar-refractivity contribution < 1.29 is 14.3 Å². The van der Waals surface area contributed by atoms with Crippen LogP contribution < -0.4 is 5.73 Å².